The summed E-state index contributed by atoms with van der Waals surface area (Å²) in [6, 6.07) is 15.0. The van der Waals surface area contributed by atoms with Gasteiger partial charge in [-0.15, -0.1) is 0 Å². The molecule has 10 heteroatoms. The molecule has 8 nitrogen and oxygen atoms in total. The molecule has 0 unspecified atom stereocenters. The van der Waals surface area contributed by atoms with Crippen LogP contribution in [0.3, 0.4) is 0 Å². The van der Waals surface area contributed by atoms with Gasteiger partial charge in [-0.3, -0.25) is 14.9 Å². The van der Waals surface area contributed by atoms with Crippen molar-refractivity contribution in [2.75, 3.05) is 18.8 Å². The zero-order chi connectivity index (χ0) is 34.4. The third-order valence-corrected chi connectivity index (χ3v) is 25.5. The van der Waals surface area contributed by atoms with Gasteiger partial charge in [0.2, 0.25) is 0 Å². The van der Waals surface area contributed by atoms with Crippen LogP contribution in [0.1, 0.15) is 93.9 Å². The van der Waals surface area contributed by atoms with Crippen LogP contribution in [0.25, 0.3) is 0 Å². The molecule has 1 N–H and O–H groups in total. The van der Waals surface area contributed by atoms with Crippen LogP contribution in [-0.2, 0) is 28.9 Å². The molecule has 0 radical (unpaired) electrons. The Kier molecular flexibility index (Phi) is 16.1. The number of esters is 2. The Hall–Kier alpha value is -2.11. The quantitative estimate of drug-likeness (QED) is 0.109. The molecule has 0 aromatic heterocycles. The summed E-state index contributed by atoms with van der Waals surface area (Å²) in [6.07, 6.45) is 7.64. The molecule has 0 atom stereocenters. The van der Waals surface area contributed by atoms with Crippen molar-refractivity contribution < 1.29 is 32.2 Å². The predicted molar refractivity (Wildman–Crippen MR) is 188 cm³/mol. The van der Waals surface area contributed by atoms with Gasteiger partial charge >= 0.3 is 206 Å². The molecule has 0 saturated carbocycles. The molecule has 2 aromatic carbocycles. The standard InChI is InChI=1S/C24H30NO7S.3C4H9.Sn/c1-23(2,3)31-21(26)15-25-16-22(27)32-24(4,5)17-33(28,29)20-13-11-19(12-14-20)30-18-9-7-6-8-10-18;3*1-3-4-2;/h7-14,25H,15-17H2,1-5H3;3*1,3-4H2,2H3;. The second-order valence-corrected chi connectivity index (χ2v) is 29.1. The van der Waals surface area contributed by atoms with E-state index in [1.54, 1.807) is 50.3 Å². The summed E-state index contributed by atoms with van der Waals surface area (Å²) in [4.78, 5) is 24.3. The van der Waals surface area contributed by atoms with E-state index in [4.69, 9.17) is 14.2 Å². The second kappa shape index (κ2) is 18.4. The van der Waals surface area contributed by atoms with Crippen LogP contribution < -0.4 is 13.6 Å². The third-order valence-electron chi connectivity index (χ3n) is 7.80. The fourth-order valence-electron chi connectivity index (χ4n) is 5.64. The van der Waals surface area contributed by atoms with E-state index >= 15 is 0 Å². The van der Waals surface area contributed by atoms with E-state index < -0.39 is 57.1 Å². The van der Waals surface area contributed by atoms with E-state index in [9.17, 15) is 18.0 Å². The number of benzene rings is 2. The van der Waals surface area contributed by atoms with Crippen LogP contribution in [0.15, 0.2) is 53.4 Å². The Morgan fingerprint density at radius 2 is 1.13 bits per heavy atom. The van der Waals surface area contributed by atoms with Gasteiger partial charge < -0.3 is 9.47 Å². The van der Waals surface area contributed by atoms with Crippen LogP contribution in [0.2, 0.25) is 13.3 Å². The summed E-state index contributed by atoms with van der Waals surface area (Å²) in [7, 11) is -3.77. The maximum absolute atomic E-state index is 13.2. The number of rotatable bonds is 20. The molecule has 0 spiro atoms. The maximum atomic E-state index is 13.2. The molecule has 0 amide bonds. The van der Waals surface area contributed by atoms with Crippen molar-refractivity contribution in [2.24, 2.45) is 0 Å². The average molecular weight is 767 g/mol. The van der Waals surface area contributed by atoms with Gasteiger partial charge in [0.15, 0.2) is 0 Å². The number of nitrogens with one attached hydrogen (secondary N) is 1. The SMILES string of the molecule is CCC[CH2][Sn]([CH2]CCC)([CH2]CCC)[c]1ccc(Oc2ccc(S(=O)(=O)CC(C)(C)OC(=O)CNCC(=O)OC(C)(C)C)cc2)cc1. The predicted octanol–water partition coefficient (Wildman–Crippen LogP) is 7.56. The first kappa shape index (κ1) is 40.1. The van der Waals surface area contributed by atoms with Crippen molar-refractivity contribution in [3.63, 3.8) is 0 Å². The van der Waals surface area contributed by atoms with Crippen molar-refractivity contribution in [1.29, 1.82) is 0 Å². The summed E-state index contributed by atoms with van der Waals surface area (Å²) in [5, 5.41) is 2.68. The molecule has 258 valence electrons. The molecule has 0 saturated heterocycles. The van der Waals surface area contributed by atoms with Gasteiger partial charge in [0.25, 0.3) is 0 Å². The number of hydrogen-bond acceptors (Lipinski definition) is 8. The number of hydrogen-bond donors (Lipinski definition) is 1. The fourth-order valence-corrected chi connectivity index (χ4v) is 23.3. The monoisotopic (exact) mass is 767 g/mol. The summed E-state index contributed by atoms with van der Waals surface area (Å²) < 4.78 is 48.9. The van der Waals surface area contributed by atoms with Crippen molar-refractivity contribution in [2.45, 2.75) is 123 Å². The first-order valence-electron chi connectivity index (χ1n) is 16.8. The minimum atomic E-state index is -3.77. The van der Waals surface area contributed by atoms with Crippen LogP contribution in [0, 0.1) is 0 Å². The molecule has 0 bridgehead atoms. The first-order valence-corrected chi connectivity index (χ1v) is 25.9. The zero-order valence-corrected chi connectivity index (χ0v) is 33.0. The Morgan fingerprint density at radius 1 is 0.696 bits per heavy atom. The molecular weight excluding hydrogens is 709 g/mol. The zero-order valence-electron chi connectivity index (χ0n) is 29.4. The van der Waals surface area contributed by atoms with E-state index in [1.807, 2.05) is 0 Å². The molecule has 0 fully saturated rings. The summed E-state index contributed by atoms with van der Waals surface area (Å²) in [5.41, 5.74) is -1.91. The molecule has 0 aliphatic carbocycles. The third kappa shape index (κ3) is 13.9. The summed E-state index contributed by atoms with van der Waals surface area (Å²) >= 11 is -2.52. The molecule has 0 aliphatic rings. The van der Waals surface area contributed by atoms with E-state index in [-0.39, 0.29) is 18.0 Å². The fraction of sp³-hybridized carbons (Fsp3) is 0.611. The summed E-state index contributed by atoms with van der Waals surface area (Å²) in [5.74, 6) is -0.286. The van der Waals surface area contributed by atoms with Gasteiger partial charge in [0.1, 0.15) is 5.60 Å². The van der Waals surface area contributed by atoms with E-state index in [1.165, 1.54) is 64.0 Å². The Morgan fingerprint density at radius 3 is 1.57 bits per heavy atom. The molecule has 2 aromatic rings. The molecule has 2 rings (SSSR count). The number of sulfone groups is 1. The molecule has 0 aliphatic heterocycles. The van der Waals surface area contributed by atoms with Gasteiger partial charge in [-0.05, 0) is 34.6 Å². The van der Waals surface area contributed by atoms with Crippen LogP contribution in [0.5, 0.6) is 11.5 Å². The van der Waals surface area contributed by atoms with Crippen LogP contribution in [-0.4, -0.2) is 68.8 Å². The van der Waals surface area contributed by atoms with Crippen molar-refractivity contribution >= 4 is 43.7 Å². The first-order chi connectivity index (χ1) is 21.5. The average Bonchev–Trinajstić information content (AvgIpc) is 2.96. The summed E-state index contributed by atoms with van der Waals surface area (Å²) in [6.45, 7) is 14.8. The van der Waals surface area contributed by atoms with Gasteiger partial charge in [0.05, 0.1) is 13.1 Å². The van der Waals surface area contributed by atoms with E-state index in [0.717, 1.165) is 5.75 Å². The van der Waals surface area contributed by atoms with E-state index in [2.05, 4.69) is 50.4 Å². The van der Waals surface area contributed by atoms with Crippen LogP contribution >= 0.6 is 0 Å². The van der Waals surface area contributed by atoms with Gasteiger partial charge in [-0.25, -0.2) is 0 Å². The number of carbonyl (C=O) groups is 2. The Labute approximate surface area is 282 Å². The van der Waals surface area contributed by atoms with Crippen molar-refractivity contribution in [3.8, 4) is 11.5 Å². The Balaban J connectivity index is 2.03. The Bertz CT molecular complexity index is 1310. The molecular formula is C36H57NO7SSn. The number of carbonyl (C=O) groups excluding carboxylic acids is 2. The van der Waals surface area contributed by atoms with Gasteiger partial charge in [-0.1, -0.05) is 0 Å². The topological polar surface area (TPSA) is 108 Å². The normalized spacial score (nSPS) is 12.5. The van der Waals surface area contributed by atoms with Crippen molar-refractivity contribution in [1.82, 2.24) is 5.32 Å². The van der Waals surface area contributed by atoms with Crippen LogP contribution in [0.4, 0.5) is 0 Å². The molecule has 0 heterocycles. The van der Waals surface area contributed by atoms with Gasteiger partial charge in [-0.2, -0.15) is 0 Å². The van der Waals surface area contributed by atoms with Crippen molar-refractivity contribution in [3.05, 3.63) is 48.5 Å². The number of unbranched alkanes of at least 4 members (excludes halogenated alkanes) is 3. The van der Waals surface area contributed by atoms with E-state index in [0.29, 0.717) is 5.75 Å². The minimum absolute atomic E-state index is 0.115. The van der Waals surface area contributed by atoms with Gasteiger partial charge in [0, 0.05) is 0 Å². The molecule has 46 heavy (non-hydrogen) atoms. The number of ether oxygens (including phenoxy) is 3. The second-order valence-electron chi connectivity index (χ2n) is 13.9.